The van der Waals surface area contributed by atoms with Crippen LogP contribution in [0.2, 0.25) is 0 Å². The zero-order valence-corrected chi connectivity index (χ0v) is 9.01. The molecule has 0 heterocycles. The molecule has 0 radical (unpaired) electrons. The molecule has 0 saturated heterocycles. The molecule has 2 aromatic rings. The summed E-state index contributed by atoms with van der Waals surface area (Å²) in [6.07, 6.45) is 0. The smallest absolute Gasteiger partial charge is 0.293 e. The van der Waals surface area contributed by atoms with Crippen LogP contribution in [0.25, 0.3) is 10.8 Å². The lowest BCUT2D eigenvalue weighted by atomic mass is 9.97. The van der Waals surface area contributed by atoms with Crippen molar-refractivity contribution in [1.29, 1.82) is 0 Å². The second-order valence-corrected chi connectivity index (χ2v) is 3.77. The number of carbonyl (C=O) groups is 1. The molecule has 0 fully saturated rings. The average molecular weight is 238 g/mol. The van der Waals surface area contributed by atoms with Crippen molar-refractivity contribution < 1.29 is 18.0 Å². The fourth-order valence-electron chi connectivity index (χ4n) is 1.73. The van der Waals surface area contributed by atoms with Crippen LogP contribution in [0.4, 0.5) is 13.2 Å². The summed E-state index contributed by atoms with van der Waals surface area (Å²) in [6.45, 7) is 0.818. The lowest BCUT2D eigenvalue weighted by molar-refractivity contribution is -0.141. The first-order valence-electron chi connectivity index (χ1n) is 5.01. The normalized spacial score (nSPS) is 11.8. The zero-order valence-electron chi connectivity index (χ0n) is 9.01. The van der Waals surface area contributed by atoms with Crippen LogP contribution < -0.4 is 0 Å². The second kappa shape index (κ2) is 3.87. The summed E-state index contributed by atoms with van der Waals surface area (Å²) in [5, 5.41) is 0.152. The minimum absolute atomic E-state index is 0.0627. The molecule has 2 rings (SSSR count). The lowest BCUT2D eigenvalue weighted by Gasteiger charge is -2.15. The van der Waals surface area contributed by atoms with Crippen molar-refractivity contribution in [3.8, 4) is 0 Å². The summed E-state index contributed by atoms with van der Waals surface area (Å²) in [5.74, 6) is -5.43. The molecule has 0 saturated carbocycles. The minimum atomic E-state index is -3.59. The van der Waals surface area contributed by atoms with Crippen LogP contribution >= 0.6 is 0 Å². The summed E-state index contributed by atoms with van der Waals surface area (Å²) in [6, 6.07) is 7.78. The molecule has 4 heteroatoms. The molecule has 0 unspecified atom stereocenters. The van der Waals surface area contributed by atoms with Gasteiger partial charge >= 0.3 is 5.92 Å². The van der Waals surface area contributed by atoms with E-state index in [0.29, 0.717) is 0 Å². The Morgan fingerprint density at radius 1 is 1.06 bits per heavy atom. The highest BCUT2D eigenvalue weighted by Gasteiger charge is 2.38. The highest BCUT2D eigenvalue weighted by molar-refractivity contribution is 5.93. The van der Waals surface area contributed by atoms with Crippen molar-refractivity contribution in [2.75, 3.05) is 0 Å². The Bertz CT molecular complexity index is 590. The van der Waals surface area contributed by atoms with Gasteiger partial charge in [-0.05, 0) is 17.5 Å². The van der Waals surface area contributed by atoms with E-state index >= 15 is 0 Å². The van der Waals surface area contributed by atoms with Gasteiger partial charge in [0, 0.05) is 17.9 Å². The third kappa shape index (κ3) is 1.79. The predicted molar refractivity (Wildman–Crippen MR) is 58.5 cm³/mol. The van der Waals surface area contributed by atoms with Crippen LogP contribution in [0.5, 0.6) is 0 Å². The Balaban J connectivity index is 2.80. The van der Waals surface area contributed by atoms with Gasteiger partial charge in [0.1, 0.15) is 5.82 Å². The van der Waals surface area contributed by atoms with Gasteiger partial charge in [0.25, 0.3) is 0 Å². The maximum Gasteiger partial charge on any atom is 0.330 e. The van der Waals surface area contributed by atoms with E-state index in [0.717, 1.165) is 19.1 Å². The summed E-state index contributed by atoms with van der Waals surface area (Å²) in [5.41, 5.74) is -0.456. The molecule has 0 spiro atoms. The maximum atomic E-state index is 13.7. The molecule has 1 nitrogen and oxygen atoms in total. The molecular weight excluding hydrogens is 229 g/mol. The summed E-state index contributed by atoms with van der Waals surface area (Å²) in [4.78, 5) is 11.0. The fourth-order valence-corrected chi connectivity index (χ4v) is 1.73. The van der Waals surface area contributed by atoms with Gasteiger partial charge in [-0.25, -0.2) is 4.39 Å². The quantitative estimate of drug-likeness (QED) is 0.780. The predicted octanol–water partition coefficient (Wildman–Crippen LogP) is 3.66. The highest BCUT2D eigenvalue weighted by Crippen LogP contribution is 2.35. The van der Waals surface area contributed by atoms with E-state index in [9.17, 15) is 18.0 Å². The van der Waals surface area contributed by atoms with Crippen LogP contribution in [0, 0.1) is 5.82 Å². The van der Waals surface area contributed by atoms with Crippen LogP contribution in [0.3, 0.4) is 0 Å². The largest absolute Gasteiger partial charge is 0.330 e. The molecule has 0 aliphatic rings. The zero-order chi connectivity index (χ0) is 12.6. The van der Waals surface area contributed by atoms with E-state index in [1.807, 2.05) is 0 Å². The van der Waals surface area contributed by atoms with Gasteiger partial charge in [-0.15, -0.1) is 0 Å². The number of benzene rings is 2. The molecule has 88 valence electrons. The van der Waals surface area contributed by atoms with E-state index in [2.05, 4.69) is 0 Å². The second-order valence-electron chi connectivity index (χ2n) is 3.77. The Kier molecular flexibility index (Phi) is 2.65. The number of hydrogen-bond acceptors (Lipinski definition) is 1. The van der Waals surface area contributed by atoms with E-state index in [4.69, 9.17) is 0 Å². The number of alkyl halides is 2. The van der Waals surface area contributed by atoms with E-state index < -0.39 is 23.1 Å². The average Bonchev–Trinajstić information content (AvgIpc) is 2.29. The highest BCUT2D eigenvalue weighted by atomic mass is 19.3. The van der Waals surface area contributed by atoms with Crippen LogP contribution in [-0.4, -0.2) is 5.78 Å². The summed E-state index contributed by atoms with van der Waals surface area (Å²) in [7, 11) is 0. The fraction of sp³-hybridized carbons (Fsp3) is 0.154. The van der Waals surface area contributed by atoms with Gasteiger partial charge < -0.3 is 0 Å². The minimum Gasteiger partial charge on any atom is -0.293 e. The standard InChI is InChI=1S/C13H9F3O/c1-8(17)13(15,16)11-6-7-12(14)10-5-3-2-4-9(10)11/h2-7H,1H3. The van der Waals surface area contributed by atoms with Crippen molar-refractivity contribution in [3.05, 3.63) is 47.8 Å². The van der Waals surface area contributed by atoms with Crippen molar-refractivity contribution in [2.45, 2.75) is 12.8 Å². The summed E-state index contributed by atoms with van der Waals surface area (Å²) < 4.78 is 40.8. The first-order valence-corrected chi connectivity index (χ1v) is 5.01. The van der Waals surface area contributed by atoms with Crippen molar-refractivity contribution in [2.24, 2.45) is 0 Å². The number of Topliss-reactive ketones (excluding diaryl/α,β-unsaturated/α-hetero) is 1. The molecule has 0 amide bonds. The van der Waals surface area contributed by atoms with Crippen molar-refractivity contribution in [3.63, 3.8) is 0 Å². The monoisotopic (exact) mass is 238 g/mol. The van der Waals surface area contributed by atoms with Crippen LogP contribution in [0.1, 0.15) is 12.5 Å². The molecule has 2 aromatic carbocycles. The number of rotatable bonds is 2. The number of carbonyl (C=O) groups excluding carboxylic acids is 1. The van der Waals surface area contributed by atoms with E-state index in [-0.39, 0.29) is 10.8 Å². The number of fused-ring (bicyclic) bond motifs is 1. The van der Waals surface area contributed by atoms with Gasteiger partial charge in [-0.1, -0.05) is 24.3 Å². The molecule has 0 aliphatic heterocycles. The van der Waals surface area contributed by atoms with Crippen LogP contribution in [0.15, 0.2) is 36.4 Å². The molecule has 0 aromatic heterocycles. The molecule has 0 N–H and O–H groups in total. The Labute approximate surface area is 95.9 Å². The molecule has 0 bridgehead atoms. The first kappa shape index (κ1) is 11.6. The van der Waals surface area contributed by atoms with Crippen LogP contribution in [-0.2, 0) is 10.7 Å². The lowest BCUT2D eigenvalue weighted by Crippen LogP contribution is -2.23. The number of halogens is 3. The Morgan fingerprint density at radius 2 is 1.65 bits per heavy atom. The molecular formula is C13H9F3O. The third-order valence-corrected chi connectivity index (χ3v) is 2.65. The molecule has 0 atom stereocenters. The van der Waals surface area contributed by atoms with E-state index in [1.54, 1.807) is 6.07 Å². The molecule has 17 heavy (non-hydrogen) atoms. The van der Waals surface area contributed by atoms with Gasteiger partial charge in [0.05, 0.1) is 0 Å². The van der Waals surface area contributed by atoms with Gasteiger partial charge in [0.2, 0.25) is 5.78 Å². The molecule has 0 aliphatic carbocycles. The Morgan fingerprint density at radius 3 is 2.24 bits per heavy atom. The summed E-state index contributed by atoms with van der Waals surface area (Å²) >= 11 is 0. The number of hydrogen-bond donors (Lipinski definition) is 0. The van der Waals surface area contributed by atoms with Gasteiger partial charge in [0.15, 0.2) is 0 Å². The van der Waals surface area contributed by atoms with Gasteiger partial charge in [-0.2, -0.15) is 8.78 Å². The maximum absolute atomic E-state index is 13.7. The third-order valence-electron chi connectivity index (χ3n) is 2.65. The van der Waals surface area contributed by atoms with Crippen molar-refractivity contribution >= 4 is 16.6 Å². The number of ketones is 1. The Hall–Kier alpha value is -1.84. The van der Waals surface area contributed by atoms with Gasteiger partial charge in [-0.3, -0.25) is 4.79 Å². The topological polar surface area (TPSA) is 17.1 Å². The van der Waals surface area contributed by atoms with E-state index in [1.165, 1.54) is 18.2 Å². The SMILES string of the molecule is CC(=O)C(F)(F)c1ccc(F)c2ccccc12. The first-order chi connectivity index (χ1) is 7.94. The van der Waals surface area contributed by atoms with Crippen molar-refractivity contribution in [1.82, 2.24) is 0 Å².